The standard InChI is InChI=1S/C6H13NO3S/c1-7-11(8,9)10-6-4-2-3-5-6/h6-7H,2-5H2,1H3. The van der Waals surface area contributed by atoms with Crippen molar-refractivity contribution >= 4 is 10.3 Å². The minimum absolute atomic E-state index is 0.0903. The average Bonchev–Trinajstić information content (AvgIpc) is 2.39. The second kappa shape index (κ2) is 3.51. The van der Waals surface area contributed by atoms with Crippen LogP contribution < -0.4 is 4.72 Å². The maximum atomic E-state index is 10.8. The van der Waals surface area contributed by atoms with Crippen LogP contribution in [0.4, 0.5) is 0 Å². The molecule has 0 aromatic rings. The van der Waals surface area contributed by atoms with Crippen molar-refractivity contribution in [2.75, 3.05) is 7.05 Å². The van der Waals surface area contributed by atoms with Crippen molar-refractivity contribution in [3.05, 3.63) is 0 Å². The lowest BCUT2D eigenvalue weighted by Gasteiger charge is -2.09. The monoisotopic (exact) mass is 179 g/mol. The molecular weight excluding hydrogens is 166 g/mol. The fourth-order valence-electron chi connectivity index (χ4n) is 1.21. The molecule has 1 rings (SSSR count). The van der Waals surface area contributed by atoms with Gasteiger partial charge in [0.15, 0.2) is 0 Å². The lowest BCUT2D eigenvalue weighted by molar-refractivity contribution is 0.214. The lowest BCUT2D eigenvalue weighted by Crippen LogP contribution is -2.25. The topological polar surface area (TPSA) is 55.4 Å². The van der Waals surface area contributed by atoms with Crippen LogP contribution in [0.3, 0.4) is 0 Å². The number of hydrogen-bond acceptors (Lipinski definition) is 3. The molecule has 0 bridgehead atoms. The molecule has 1 saturated carbocycles. The Hall–Kier alpha value is -0.130. The van der Waals surface area contributed by atoms with E-state index in [2.05, 4.69) is 4.72 Å². The van der Waals surface area contributed by atoms with Crippen LogP contribution in [0.15, 0.2) is 0 Å². The summed E-state index contributed by atoms with van der Waals surface area (Å²) in [5, 5.41) is 0. The van der Waals surface area contributed by atoms with Gasteiger partial charge in [-0.2, -0.15) is 13.1 Å². The highest BCUT2D eigenvalue weighted by molar-refractivity contribution is 7.84. The summed E-state index contributed by atoms with van der Waals surface area (Å²) in [5.74, 6) is 0. The second-order valence-electron chi connectivity index (χ2n) is 2.66. The summed E-state index contributed by atoms with van der Waals surface area (Å²) in [7, 11) is -2.10. The van der Waals surface area contributed by atoms with Crippen molar-refractivity contribution in [2.45, 2.75) is 31.8 Å². The zero-order chi connectivity index (χ0) is 8.32. The van der Waals surface area contributed by atoms with Crippen molar-refractivity contribution in [3.63, 3.8) is 0 Å². The highest BCUT2D eigenvalue weighted by atomic mass is 32.2. The smallest absolute Gasteiger partial charge is 0.255 e. The van der Waals surface area contributed by atoms with Crippen LogP contribution in [0.5, 0.6) is 0 Å². The molecule has 0 aromatic carbocycles. The molecule has 0 atom stereocenters. The Morgan fingerprint density at radius 3 is 2.36 bits per heavy atom. The van der Waals surface area contributed by atoms with E-state index in [0.29, 0.717) is 0 Å². The molecule has 1 N–H and O–H groups in total. The number of nitrogens with one attached hydrogen (secondary N) is 1. The van der Waals surface area contributed by atoms with Gasteiger partial charge in [-0.3, -0.25) is 4.18 Å². The van der Waals surface area contributed by atoms with E-state index in [1.54, 1.807) is 0 Å². The Kier molecular flexibility index (Phi) is 2.86. The van der Waals surface area contributed by atoms with Gasteiger partial charge in [0.1, 0.15) is 0 Å². The fourth-order valence-corrected chi connectivity index (χ4v) is 1.86. The summed E-state index contributed by atoms with van der Waals surface area (Å²) in [5.41, 5.74) is 0. The van der Waals surface area contributed by atoms with Gasteiger partial charge in [-0.1, -0.05) is 12.8 Å². The Morgan fingerprint density at radius 2 is 1.91 bits per heavy atom. The van der Waals surface area contributed by atoms with E-state index in [1.807, 2.05) is 0 Å². The molecule has 1 aliphatic carbocycles. The van der Waals surface area contributed by atoms with Crippen LogP contribution in [0.25, 0.3) is 0 Å². The summed E-state index contributed by atoms with van der Waals surface area (Å²) in [4.78, 5) is 0. The summed E-state index contributed by atoms with van der Waals surface area (Å²) < 4.78 is 28.6. The zero-order valence-corrected chi connectivity index (χ0v) is 7.36. The molecule has 0 saturated heterocycles. The Morgan fingerprint density at radius 1 is 1.36 bits per heavy atom. The normalized spacial score (nSPS) is 20.8. The molecule has 0 heterocycles. The first-order chi connectivity index (χ1) is 5.14. The predicted octanol–water partition coefficient (Wildman–Crippen LogP) is 0.410. The third-order valence-corrected chi connectivity index (χ3v) is 2.84. The second-order valence-corrected chi connectivity index (χ2v) is 4.17. The zero-order valence-electron chi connectivity index (χ0n) is 6.54. The molecule has 5 heteroatoms. The molecule has 0 aliphatic heterocycles. The van der Waals surface area contributed by atoms with Gasteiger partial charge in [0.25, 0.3) is 0 Å². The Bertz CT molecular complexity index is 206. The third-order valence-electron chi connectivity index (χ3n) is 1.81. The van der Waals surface area contributed by atoms with Gasteiger partial charge in [0, 0.05) is 7.05 Å². The molecule has 0 amide bonds. The largest absolute Gasteiger partial charge is 0.335 e. The number of rotatable bonds is 3. The van der Waals surface area contributed by atoms with E-state index in [9.17, 15) is 8.42 Å². The van der Waals surface area contributed by atoms with Gasteiger partial charge in [-0.25, -0.2) is 0 Å². The van der Waals surface area contributed by atoms with Crippen molar-refractivity contribution in [3.8, 4) is 0 Å². The average molecular weight is 179 g/mol. The van der Waals surface area contributed by atoms with Crippen LogP contribution in [0.1, 0.15) is 25.7 Å². The fraction of sp³-hybridized carbons (Fsp3) is 1.00. The lowest BCUT2D eigenvalue weighted by atomic mass is 10.3. The molecule has 0 aromatic heterocycles. The summed E-state index contributed by atoms with van der Waals surface area (Å²) >= 11 is 0. The van der Waals surface area contributed by atoms with Crippen LogP contribution >= 0.6 is 0 Å². The SMILES string of the molecule is CNS(=O)(=O)OC1CCCC1. The first-order valence-corrected chi connectivity index (χ1v) is 5.16. The molecule has 66 valence electrons. The van der Waals surface area contributed by atoms with Gasteiger partial charge in [-0.15, -0.1) is 0 Å². The molecule has 1 fully saturated rings. The van der Waals surface area contributed by atoms with Gasteiger partial charge in [0.05, 0.1) is 6.10 Å². The molecule has 11 heavy (non-hydrogen) atoms. The van der Waals surface area contributed by atoms with Gasteiger partial charge < -0.3 is 0 Å². The highest BCUT2D eigenvalue weighted by Gasteiger charge is 2.21. The highest BCUT2D eigenvalue weighted by Crippen LogP contribution is 2.21. The summed E-state index contributed by atoms with van der Waals surface area (Å²) in [6, 6.07) is 0. The maximum Gasteiger partial charge on any atom is 0.335 e. The molecular formula is C6H13NO3S. The van der Waals surface area contributed by atoms with Crippen molar-refractivity contribution in [1.29, 1.82) is 0 Å². The molecule has 4 nitrogen and oxygen atoms in total. The van der Waals surface area contributed by atoms with Crippen LogP contribution in [0.2, 0.25) is 0 Å². The van der Waals surface area contributed by atoms with Crippen molar-refractivity contribution < 1.29 is 12.6 Å². The molecule has 0 unspecified atom stereocenters. The Labute approximate surface area is 67.2 Å². The van der Waals surface area contributed by atoms with E-state index in [1.165, 1.54) is 7.05 Å². The van der Waals surface area contributed by atoms with Crippen LogP contribution in [-0.4, -0.2) is 21.6 Å². The molecule has 0 radical (unpaired) electrons. The quantitative estimate of drug-likeness (QED) is 0.682. The van der Waals surface area contributed by atoms with Crippen molar-refractivity contribution in [1.82, 2.24) is 4.72 Å². The Balaban J connectivity index is 2.41. The van der Waals surface area contributed by atoms with Crippen LogP contribution in [-0.2, 0) is 14.5 Å². The van der Waals surface area contributed by atoms with Gasteiger partial charge >= 0.3 is 10.3 Å². The minimum Gasteiger partial charge on any atom is -0.255 e. The third kappa shape index (κ3) is 2.76. The number of hydrogen-bond donors (Lipinski definition) is 1. The predicted molar refractivity (Wildman–Crippen MR) is 41.3 cm³/mol. The van der Waals surface area contributed by atoms with Gasteiger partial charge in [-0.05, 0) is 12.8 Å². The summed E-state index contributed by atoms with van der Waals surface area (Å²) in [6.07, 6.45) is 3.78. The van der Waals surface area contributed by atoms with E-state index in [0.717, 1.165) is 25.7 Å². The van der Waals surface area contributed by atoms with E-state index in [4.69, 9.17) is 4.18 Å². The van der Waals surface area contributed by atoms with E-state index in [-0.39, 0.29) is 6.10 Å². The van der Waals surface area contributed by atoms with E-state index < -0.39 is 10.3 Å². The maximum absolute atomic E-state index is 10.8. The van der Waals surface area contributed by atoms with Gasteiger partial charge in [0.2, 0.25) is 0 Å². The summed E-state index contributed by atoms with van der Waals surface area (Å²) in [6.45, 7) is 0. The molecule has 1 aliphatic rings. The van der Waals surface area contributed by atoms with E-state index >= 15 is 0 Å². The first-order valence-electron chi connectivity index (χ1n) is 3.76. The van der Waals surface area contributed by atoms with Crippen LogP contribution in [0, 0.1) is 0 Å². The first kappa shape index (κ1) is 8.96. The van der Waals surface area contributed by atoms with Crippen molar-refractivity contribution in [2.24, 2.45) is 0 Å². The molecule has 0 spiro atoms. The minimum atomic E-state index is -3.45.